The maximum Gasteiger partial charge on any atom is 0.233 e. The molecule has 2 bridgehead atoms. The number of ether oxygens (including phenoxy) is 3. The fraction of sp³-hybridized carbons (Fsp3) is 0.579. The number of nitrogens with one attached hydrogen (secondary N) is 1. The molecule has 2 heterocycles. The molecule has 0 radical (unpaired) electrons. The van der Waals surface area contributed by atoms with Gasteiger partial charge in [0.2, 0.25) is 5.91 Å². The van der Waals surface area contributed by atoms with Gasteiger partial charge in [-0.2, -0.15) is 0 Å². The Morgan fingerprint density at radius 2 is 2.15 bits per heavy atom. The number of nitrogens with zero attached hydrogens (tertiary/aromatic N) is 2. The second kappa shape index (κ2) is 7.52. The van der Waals surface area contributed by atoms with E-state index in [2.05, 4.69) is 5.32 Å². The molecule has 2 aliphatic rings. The lowest BCUT2D eigenvalue weighted by Crippen LogP contribution is -2.72. The zero-order chi connectivity index (χ0) is 19.8. The highest BCUT2D eigenvalue weighted by Gasteiger charge is 2.59. The van der Waals surface area contributed by atoms with Crippen molar-refractivity contribution in [2.75, 3.05) is 41.5 Å². The zero-order valence-electron chi connectivity index (χ0n) is 16.4. The van der Waals surface area contributed by atoms with Crippen LogP contribution in [0.5, 0.6) is 11.5 Å². The molecular weight excluding hydrogens is 366 g/mol. The van der Waals surface area contributed by atoms with E-state index in [1.807, 2.05) is 30.0 Å². The van der Waals surface area contributed by atoms with Gasteiger partial charge in [-0.25, -0.2) is 0 Å². The number of carbonyl (C=O) groups excluding carboxylic acids is 1. The summed E-state index contributed by atoms with van der Waals surface area (Å²) in [6.07, 6.45) is 0.767. The molecule has 0 saturated carbocycles. The monoisotopic (exact) mass is 393 g/mol. The molecule has 1 fully saturated rings. The van der Waals surface area contributed by atoms with Crippen LogP contribution in [-0.2, 0) is 9.53 Å². The molecule has 3 rings (SSSR count). The molecule has 3 atom stereocenters. The molecule has 1 amide bonds. The van der Waals surface area contributed by atoms with Gasteiger partial charge in [0.05, 0.1) is 13.2 Å². The van der Waals surface area contributed by atoms with Crippen molar-refractivity contribution in [2.45, 2.75) is 25.1 Å². The zero-order valence-corrected chi connectivity index (χ0v) is 17.3. The Morgan fingerprint density at radius 1 is 1.41 bits per heavy atom. The van der Waals surface area contributed by atoms with Crippen molar-refractivity contribution in [3.63, 3.8) is 0 Å². The number of methoxy groups -OCH3 is 2. The number of carbonyl (C=O) groups is 1. The summed E-state index contributed by atoms with van der Waals surface area (Å²) in [5, 5.41) is 3.96. The minimum absolute atomic E-state index is 0.0114. The molecule has 148 valence electrons. The van der Waals surface area contributed by atoms with Gasteiger partial charge in [-0.05, 0) is 31.6 Å². The van der Waals surface area contributed by atoms with E-state index in [-0.39, 0.29) is 11.9 Å². The first-order valence-corrected chi connectivity index (χ1v) is 9.40. The van der Waals surface area contributed by atoms with Crippen molar-refractivity contribution in [3.05, 3.63) is 23.8 Å². The van der Waals surface area contributed by atoms with Crippen LogP contribution in [0.2, 0.25) is 0 Å². The highest BCUT2D eigenvalue weighted by atomic mass is 32.1. The number of hydrogen-bond acceptors (Lipinski definition) is 5. The quantitative estimate of drug-likeness (QED) is 0.584. The summed E-state index contributed by atoms with van der Waals surface area (Å²) in [6, 6.07) is 5.43. The Bertz CT molecular complexity index is 742. The summed E-state index contributed by atoms with van der Waals surface area (Å²) in [5.74, 6) is 0.831. The van der Waals surface area contributed by atoms with Crippen LogP contribution < -0.4 is 14.8 Å². The summed E-state index contributed by atoms with van der Waals surface area (Å²) in [5.41, 5.74) is -0.0464. The molecule has 2 aliphatic heterocycles. The van der Waals surface area contributed by atoms with E-state index in [0.29, 0.717) is 29.8 Å². The van der Waals surface area contributed by atoms with Gasteiger partial charge in [-0.15, -0.1) is 0 Å². The maximum absolute atomic E-state index is 13.1. The van der Waals surface area contributed by atoms with Crippen LogP contribution in [-0.4, -0.2) is 68.0 Å². The van der Waals surface area contributed by atoms with Gasteiger partial charge in [0.1, 0.15) is 5.92 Å². The van der Waals surface area contributed by atoms with Crippen molar-refractivity contribution in [1.29, 1.82) is 0 Å². The first-order valence-electron chi connectivity index (χ1n) is 8.99. The van der Waals surface area contributed by atoms with Gasteiger partial charge < -0.3 is 29.3 Å². The topological polar surface area (TPSA) is 63.3 Å². The average molecular weight is 394 g/mol. The number of thiocarbonyl (C=S) groups is 1. The van der Waals surface area contributed by atoms with Gasteiger partial charge in [0.25, 0.3) is 0 Å². The lowest BCUT2D eigenvalue weighted by Gasteiger charge is -2.56. The minimum Gasteiger partial charge on any atom is -0.493 e. The lowest BCUT2D eigenvalue weighted by atomic mass is 9.78. The van der Waals surface area contributed by atoms with E-state index in [9.17, 15) is 4.79 Å². The number of fused-ring (bicyclic) bond motifs is 4. The van der Waals surface area contributed by atoms with Gasteiger partial charge in [0.15, 0.2) is 22.3 Å². The summed E-state index contributed by atoms with van der Waals surface area (Å²) in [7, 11) is 6.80. The number of amides is 1. The third-order valence-corrected chi connectivity index (χ3v) is 5.62. The SMILES string of the molecule is COCCCN1C(=S)N[C@H]2c3cccc(OC)c3O[C@@]1(C)[C@@H]2C(=O)N(C)C. The van der Waals surface area contributed by atoms with E-state index in [1.165, 1.54) is 0 Å². The highest BCUT2D eigenvalue weighted by Crippen LogP contribution is 2.51. The van der Waals surface area contributed by atoms with Crippen LogP contribution in [0.15, 0.2) is 18.2 Å². The van der Waals surface area contributed by atoms with E-state index >= 15 is 0 Å². The second-order valence-corrected chi connectivity index (χ2v) is 7.56. The second-order valence-electron chi connectivity index (χ2n) is 7.17. The van der Waals surface area contributed by atoms with E-state index in [0.717, 1.165) is 12.0 Å². The average Bonchev–Trinajstić information content (AvgIpc) is 2.63. The van der Waals surface area contributed by atoms with Gasteiger partial charge in [0, 0.05) is 39.9 Å². The van der Waals surface area contributed by atoms with Crippen LogP contribution in [0, 0.1) is 5.92 Å². The summed E-state index contributed by atoms with van der Waals surface area (Å²) < 4.78 is 17.2. The smallest absolute Gasteiger partial charge is 0.233 e. The Kier molecular flexibility index (Phi) is 5.48. The molecule has 0 unspecified atom stereocenters. The van der Waals surface area contributed by atoms with Gasteiger partial charge >= 0.3 is 0 Å². The van der Waals surface area contributed by atoms with Crippen molar-refractivity contribution >= 4 is 23.2 Å². The van der Waals surface area contributed by atoms with Crippen LogP contribution in [0.25, 0.3) is 0 Å². The molecule has 7 nitrogen and oxygen atoms in total. The third kappa shape index (κ3) is 3.21. The fourth-order valence-electron chi connectivity index (χ4n) is 3.94. The van der Waals surface area contributed by atoms with Crippen LogP contribution >= 0.6 is 12.2 Å². The van der Waals surface area contributed by atoms with Crippen molar-refractivity contribution in [2.24, 2.45) is 5.92 Å². The third-order valence-electron chi connectivity index (χ3n) is 5.28. The predicted molar refractivity (Wildman–Crippen MR) is 106 cm³/mol. The molecule has 1 N–H and O–H groups in total. The minimum atomic E-state index is -0.927. The molecule has 1 aromatic carbocycles. The summed E-state index contributed by atoms with van der Waals surface area (Å²) >= 11 is 5.64. The molecule has 1 saturated heterocycles. The molecule has 8 heteroatoms. The molecule has 0 aromatic heterocycles. The standard InChI is InChI=1S/C19H27N3O4S/c1-19-14(17(23)21(2)3)15(20-18(27)22(19)10-7-11-24-4)12-8-6-9-13(25-5)16(12)26-19/h6,8-9,14-15H,7,10-11H2,1-5H3,(H,20,27)/t14-,15-,19-/m0/s1. The number of para-hydroxylation sites is 1. The van der Waals surface area contributed by atoms with E-state index in [4.69, 9.17) is 26.4 Å². The Balaban J connectivity index is 2.11. The number of benzene rings is 1. The predicted octanol–water partition coefficient (Wildman–Crippen LogP) is 1.78. The Labute approximate surface area is 165 Å². The summed E-state index contributed by atoms with van der Waals surface area (Å²) in [6.45, 7) is 3.15. The largest absolute Gasteiger partial charge is 0.493 e. The van der Waals surface area contributed by atoms with Crippen LogP contribution in [0.1, 0.15) is 24.9 Å². The van der Waals surface area contributed by atoms with Gasteiger partial charge in [-0.3, -0.25) is 4.79 Å². The van der Waals surface area contributed by atoms with Crippen LogP contribution in [0.4, 0.5) is 0 Å². The first-order chi connectivity index (χ1) is 12.8. The normalized spacial score (nSPS) is 26.0. The summed E-state index contributed by atoms with van der Waals surface area (Å²) in [4.78, 5) is 16.7. The van der Waals surface area contributed by atoms with E-state index in [1.54, 1.807) is 33.2 Å². The van der Waals surface area contributed by atoms with Crippen molar-refractivity contribution in [3.8, 4) is 11.5 Å². The molecule has 0 spiro atoms. The highest BCUT2D eigenvalue weighted by molar-refractivity contribution is 7.80. The Hall–Kier alpha value is -2.06. The van der Waals surface area contributed by atoms with Gasteiger partial charge in [-0.1, -0.05) is 12.1 Å². The molecule has 27 heavy (non-hydrogen) atoms. The van der Waals surface area contributed by atoms with Crippen LogP contribution in [0.3, 0.4) is 0 Å². The Morgan fingerprint density at radius 3 is 2.78 bits per heavy atom. The molecular formula is C19H27N3O4S. The van der Waals surface area contributed by atoms with Crippen molar-refractivity contribution < 1.29 is 19.0 Å². The number of rotatable bonds is 6. The fourth-order valence-corrected chi connectivity index (χ4v) is 4.34. The lowest BCUT2D eigenvalue weighted by molar-refractivity contribution is -0.162. The number of hydrogen-bond donors (Lipinski definition) is 1. The maximum atomic E-state index is 13.1. The molecule has 1 aromatic rings. The van der Waals surface area contributed by atoms with E-state index < -0.39 is 11.6 Å². The first kappa shape index (κ1) is 19.7. The molecule has 0 aliphatic carbocycles. The van der Waals surface area contributed by atoms with Crippen molar-refractivity contribution in [1.82, 2.24) is 15.1 Å².